The summed E-state index contributed by atoms with van der Waals surface area (Å²) in [5.74, 6) is -2.31. The summed E-state index contributed by atoms with van der Waals surface area (Å²) in [5, 5.41) is 37.9. The van der Waals surface area contributed by atoms with E-state index in [1.165, 1.54) is 102 Å². The highest BCUT2D eigenvalue weighted by atomic mass is 35.5. The minimum absolute atomic E-state index is 0.0137. The molecule has 0 bridgehead atoms. The van der Waals surface area contributed by atoms with Crippen molar-refractivity contribution < 1.29 is 51.3 Å². The van der Waals surface area contributed by atoms with Crippen LogP contribution in [0, 0.1) is 50.6 Å². The van der Waals surface area contributed by atoms with Crippen LogP contribution in [-0.4, -0.2) is 309 Å². The van der Waals surface area contributed by atoms with E-state index in [1.54, 1.807) is 6.07 Å². The number of nitriles is 1. The number of nitrogens with one attached hydrogen (secondary N) is 6. The van der Waals surface area contributed by atoms with Gasteiger partial charge in [0.15, 0.2) is 0 Å². The summed E-state index contributed by atoms with van der Waals surface area (Å²) in [6, 6.07) is 41.0. The number of amides is 10. The van der Waals surface area contributed by atoms with Crippen LogP contribution in [0.4, 0.5) is 76.6 Å². The zero-order valence-corrected chi connectivity index (χ0v) is 86.1. The van der Waals surface area contributed by atoms with Gasteiger partial charge in [-0.25, -0.2) is 36.7 Å². The molecule has 4 atom stereocenters. The summed E-state index contributed by atoms with van der Waals surface area (Å²) in [4.78, 5) is 115. The molecule has 4 aliphatic carbocycles. The molecule has 4 fully saturated rings. The average molecular weight is 2050 g/mol. The normalized spacial score (nSPS) is 18.5. The number of urea groups is 4. The van der Waals surface area contributed by atoms with Crippen molar-refractivity contribution in [3.05, 3.63) is 249 Å². The second kappa shape index (κ2) is 53.4. The lowest BCUT2D eigenvalue weighted by molar-refractivity contribution is -0.384. The van der Waals surface area contributed by atoms with Gasteiger partial charge >= 0.3 is 24.1 Å². The SMILES string of the molecule is CC(=O)Nc1ccc2c(c1)CC(N(CCCN1CCN(C)CC1)C(=O)Nc1ccc(F)c(Cl)c1)CC2.CC(C)C(=O)Nc1ccc2c(c1)CC(N(CCCN1CCN(C)CC1)C(=O)Nc1ccc(F)c(Cl)c1)CC2.CN1CCN(CCCN(C(=O)Nc2ccc(F)c(Cl)c2)C2CCc3ccc(C#N)cc3C2)CC1.CN1CCN(CCCN(C(=O)Nc2ccc(F)c(Cl)c2)C2CCc3ccc([N+](=O)[O-])cc3C2)CC1. The van der Waals surface area contributed by atoms with Crippen molar-refractivity contribution >= 4 is 122 Å². The first-order valence-electron chi connectivity index (χ1n) is 50.0. The Morgan fingerprint density at radius 3 is 0.902 bits per heavy atom. The summed E-state index contributed by atoms with van der Waals surface area (Å²) in [6.45, 7) is 28.1. The molecular weight excluding hydrogens is 1910 g/mol. The smallest absolute Gasteiger partial charge is 0.322 e. The Kier molecular flexibility index (Phi) is 40.8. The Morgan fingerprint density at radius 1 is 0.371 bits per heavy atom. The molecule has 4 heterocycles. The van der Waals surface area contributed by atoms with Crippen LogP contribution in [0.1, 0.15) is 122 Å². The molecule has 4 aliphatic heterocycles. The molecule has 8 aromatic rings. The summed E-state index contributed by atoms with van der Waals surface area (Å²) in [5.41, 5.74) is 13.3. The van der Waals surface area contributed by atoms with Crippen LogP contribution in [0.3, 0.4) is 0 Å². The van der Waals surface area contributed by atoms with E-state index in [9.17, 15) is 61.7 Å². The van der Waals surface area contributed by atoms with Gasteiger partial charge in [-0.2, -0.15) is 5.26 Å². The number of nitro groups is 1. The molecule has 0 radical (unpaired) electrons. The molecular formula is C107H136Cl4F4N20O8. The molecule has 16 rings (SSSR count). The number of benzene rings is 8. The molecule has 0 spiro atoms. The Labute approximate surface area is 858 Å². The number of nitrogens with zero attached hydrogens (tertiary/aromatic N) is 14. The minimum atomic E-state index is -0.542. The van der Waals surface area contributed by atoms with Crippen molar-refractivity contribution in [3.63, 3.8) is 0 Å². The van der Waals surface area contributed by atoms with Crippen LogP contribution >= 0.6 is 46.4 Å². The Balaban J connectivity index is 0.000000160. The number of piperazine rings is 4. The largest absolute Gasteiger partial charge is 0.326 e. The van der Waals surface area contributed by atoms with Crippen molar-refractivity contribution in [1.29, 1.82) is 5.26 Å². The number of hydrogen-bond acceptors (Lipinski definition) is 17. The third kappa shape index (κ3) is 32.6. The maximum Gasteiger partial charge on any atom is 0.322 e. The van der Waals surface area contributed by atoms with Crippen molar-refractivity contribution in [1.82, 2.24) is 58.8 Å². The number of likely N-dealkylation sites (N-methyl/N-ethyl adjacent to an activating group) is 4. The number of non-ortho nitro benzene ring substituents is 1. The van der Waals surface area contributed by atoms with Crippen LogP contribution in [0.5, 0.6) is 0 Å². The molecule has 143 heavy (non-hydrogen) atoms. The number of carbonyl (C=O) groups excluding carboxylic acids is 6. The van der Waals surface area contributed by atoms with Crippen LogP contribution < -0.4 is 31.9 Å². The van der Waals surface area contributed by atoms with E-state index in [0.717, 1.165) is 260 Å². The fourth-order valence-electron chi connectivity index (χ4n) is 19.9. The van der Waals surface area contributed by atoms with Crippen molar-refractivity contribution in [2.45, 2.75) is 148 Å². The molecule has 8 aromatic carbocycles. The van der Waals surface area contributed by atoms with Crippen LogP contribution in [0.25, 0.3) is 0 Å². The molecule has 10 amide bonds. The van der Waals surface area contributed by atoms with Crippen molar-refractivity contribution in [3.8, 4) is 6.07 Å². The molecule has 0 saturated carbocycles. The fourth-order valence-corrected chi connectivity index (χ4v) is 20.6. The maximum absolute atomic E-state index is 13.7. The second-order valence-electron chi connectivity index (χ2n) is 39.2. The zero-order valence-electron chi connectivity index (χ0n) is 83.1. The number of carbonyl (C=O) groups is 6. The highest BCUT2D eigenvalue weighted by Crippen LogP contribution is 2.36. The Morgan fingerprint density at radius 2 is 0.629 bits per heavy atom. The summed E-state index contributed by atoms with van der Waals surface area (Å²) in [7, 11) is 8.55. The van der Waals surface area contributed by atoms with Gasteiger partial charge in [0.2, 0.25) is 11.8 Å². The number of aryl methyl sites for hydroxylation is 4. The number of fused-ring (bicyclic) bond motifs is 4. The van der Waals surface area contributed by atoms with E-state index in [1.807, 2.05) is 82.0 Å². The minimum Gasteiger partial charge on any atom is -0.326 e. The summed E-state index contributed by atoms with van der Waals surface area (Å²) < 4.78 is 54.4. The highest BCUT2D eigenvalue weighted by Gasteiger charge is 2.36. The molecule has 4 unspecified atom stereocenters. The number of halogens is 8. The monoisotopic (exact) mass is 2040 g/mol. The predicted octanol–water partition coefficient (Wildman–Crippen LogP) is 18.4. The number of rotatable bonds is 28. The van der Waals surface area contributed by atoms with Gasteiger partial charge in [0.1, 0.15) is 23.3 Å². The fraction of sp³-hybridized carbons (Fsp3) is 0.486. The second-order valence-corrected chi connectivity index (χ2v) is 40.8. The first-order chi connectivity index (χ1) is 68.7. The van der Waals surface area contributed by atoms with Gasteiger partial charge in [-0.1, -0.05) is 84.5 Å². The Hall–Kier alpha value is -10.8. The van der Waals surface area contributed by atoms with Gasteiger partial charge < -0.3 is 90.7 Å². The van der Waals surface area contributed by atoms with Gasteiger partial charge in [-0.15, -0.1) is 0 Å². The summed E-state index contributed by atoms with van der Waals surface area (Å²) in [6.07, 6.45) is 12.9. The Bertz CT molecular complexity index is 5740. The van der Waals surface area contributed by atoms with E-state index in [4.69, 9.17) is 46.4 Å². The molecule has 4 saturated heterocycles. The van der Waals surface area contributed by atoms with Crippen LogP contribution in [-0.2, 0) is 61.0 Å². The van der Waals surface area contributed by atoms with Gasteiger partial charge in [-0.3, -0.25) is 19.7 Å². The summed E-state index contributed by atoms with van der Waals surface area (Å²) >= 11 is 23.7. The first kappa shape index (κ1) is 109. The number of hydrogen-bond donors (Lipinski definition) is 6. The lowest BCUT2D eigenvalue weighted by Gasteiger charge is -2.37. The van der Waals surface area contributed by atoms with Gasteiger partial charge in [0, 0.05) is 214 Å². The van der Waals surface area contributed by atoms with E-state index in [2.05, 4.69) is 117 Å². The van der Waals surface area contributed by atoms with Gasteiger partial charge in [0.25, 0.3) is 5.69 Å². The van der Waals surface area contributed by atoms with Crippen molar-refractivity contribution in [2.24, 2.45) is 5.92 Å². The molecule has 28 nitrogen and oxygen atoms in total. The third-order valence-electron chi connectivity index (χ3n) is 28.4. The van der Waals surface area contributed by atoms with E-state index >= 15 is 0 Å². The zero-order chi connectivity index (χ0) is 102. The molecule has 768 valence electrons. The molecule has 36 heteroatoms. The van der Waals surface area contributed by atoms with Crippen LogP contribution in [0.2, 0.25) is 20.1 Å². The van der Waals surface area contributed by atoms with E-state index in [0.29, 0.717) is 67.3 Å². The maximum atomic E-state index is 13.7. The topological polar surface area (TPSA) is 280 Å². The highest BCUT2D eigenvalue weighted by molar-refractivity contribution is 6.32. The molecule has 0 aromatic heterocycles. The van der Waals surface area contributed by atoms with E-state index < -0.39 is 23.3 Å². The van der Waals surface area contributed by atoms with Gasteiger partial charge in [0.05, 0.1) is 36.6 Å². The quantitative estimate of drug-likeness (QED) is 0.0151. The van der Waals surface area contributed by atoms with Crippen molar-refractivity contribution in [2.75, 3.05) is 217 Å². The first-order valence-corrected chi connectivity index (χ1v) is 51.6. The lowest BCUT2D eigenvalue weighted by atomic mass is 9.86. The standard InChI is InChI=1S/C29H39ClFN5O2.C27H35ClFN5O2.C26H31ClFN5O.C25H31ClFN5O3/c1-20(2)28(37)32-23-7-5-21-6-9-25(18-22(21)17-23)36(12-4-11-35-15-13-34(3)14-16-35)29(38)33-24-8-10-27(31)26(30)19-24;1-19(35)30-22-6-4-20-5-8-24(17-21(20)16-22)34(11-3-10-33-14-12-32(2)13-15-33)27(36)31-23-7-9-26(29)25(28)18-23;1-31-11-13-32(14-12-31)9-2-10-33(26(34)30-22-6-8-25(28)24(27)17-22)23-7-5-20-4-3-19(18-29)15-21(20)16-23;1-29-11-13-30(14-12-29)9-2-10-31(25(33)28-20-5-8-24(27)23(26)17-20)21-6-3-18-4-7-22(32(34)35)16-19(18)15-21/h5,7-8,10,17,19-20,25H,4,6,9,11-16,18H2,1-3H3,(H,32,37)(H,33,38);4,6-7,9,16,18,24H,3,5,8,10-15,17H2,1-2H3,(H,30,35)(H,31,36);3-4,6,8,15,17,23H,2,5,7,9-14,16H2,1H3,(H,30,34);4-5,7-8,16-17,21H,2-3,6,9-15H2,1H3,(H,28,33). The number of nitro benzene ring substituents is 1. The lowest BCUT2D eigenvalue weighted by Crippen LogP contribution is -2.48. The van der Waals surface area contributed by atoms with Crippen LogP contribution in [0.15, 0.2) is 146 Å². The third-order valence-corrected chi connectivity index (χ3v) is 29.6. The predicted molar refractivity (Wildman–Crippen MR) is 561 cm³/mol. The van der Waals surface area contributed by atoms with Gasteiger partial charge in [-0.05, 0) is 311 Å². The van der Waals surface area contributed by atoms with E-state index in [-0.39, 0.29) is 96.7 Å². The number of anilines is 6. The molecule has 6 N–H and O–H groups in total. The average Bonchev–Trinajstić information content (AvgIpc) is 0.825. The molecule has 8 aliphatic rings.